The number of amides is 1. The van der Waals surface area contributed by atoms with Crippen LogP contribution in [0, 0.1) is 5.92 Å². The van der Waals surface area contributed by atoms with Crippen molar-refractivity contribution in [3.05, 3.63) is 72.6 Å². The smallest absolute Gasteiger partial charge is 0.257 e. The van der Waals surface area contributed by atoms with E-state index in [0.717, 1.165) is 43.9 Å². The summed E-state index contributed by atoms with van der Waals surface area (Å²) in [7, 11) is 1.60. The van der Waals surface area contributed by atoms with Crippen molar-refractivity contribution in [2.24, 2.45) is 5.92 Å². The first-order valence-corrected chi connectivity index (χ1v) is 9.75. The Morgan fingerprint density at radius 2 is 1.79 bits per heavy atom. The monoisotopic (exact) mass is 375 g/mol. The average molecular weight is 375 g/mol. The number of benzene rings is 2. The Morgan fingerprint density at radius 1 is 1.07 bits per heavy atom. The zero-order valence-corrected chi connectivity index (χ0v) is 16.1. The summed E-state index contributed by atoms with van der Waals surface area (Å²) in [5, 5.41) is 0. The summed E-state index contributed by atoms with van der Waals surface area (Å²) in [6, 6.07) is 17.7. The molecule has 1 fully saturated rings. The predicted molar refractivity (Wildman–Crippen MR) is 109 cm³/mol. The quantitative estimate of drug-likeness (QED) is 0.674. The molecule has 2 aromatic carbocycles. The van der Waals surface area contributed by atoms with Crippen molar-refractivity contribution in [2.75, 3.05) is 20.2 Å². The van der Waals surface area contributed by atoms with Crippen molar-refractivity contribution < 1.29 is 9.53 Å². The van der Waals surface area contributed by atoms with Crippen molar-refractivity contribution in [3.8, 4) is 17.1 Å². The van der Waals surface area contributed by atoms with Crippen molar-refractivity contribution in [1.29, 1.82) is 0 Å². The van der Waals surface area contributed by atoms with Crippen LogP contribution in [0.1, 0.15) is 23.2 Å². The zero-order chi connectivity index (χ0) is 19.3. The van der Waals surface area contributed by atoms with Crippen molar-refractivity contribution >= 4 is 5.91 Å². The maximum atomic E-state index is 12.9. The molecular weight excluding hydrogens is 350 g/mol. The van der Waals surface area contributed by atoms with Crippen LogP contribution in [0.25, 0.3) is 11.4 Å². The summed E-state index contributed by atoms with van der Waals surface area (Å²) >= 11 is 0. The minimum absolute atomic E-state index is 0.0588. The third-order valence-corrected chi connectivity index (χ3v) is 5.44. The molecule has 2 heterocycles. The number of para-hydroxylation sites is 1. The summed E-state index contributed by atoms with van der Waals surface area (Å²) < 4.78 is 7.58. The van der Waals surface area contributed by atoms with E-state index in [4.69, 9.17) is 4.74 Å². The number of carbonyl (C=O) groups is 1. The SMILES string of the molecule is COc1ccccc1C(=O)N1CCC(Cn2ccnc2-c2ccccc2)CC1. The number of methoxy groups -OCH3 is 1. The largest absolute Gasteiger partial charge is 0.496 e. The van der Waals surface area contributed by atoms with Gasteiger partial charge < -0.3 is 14.2 Å². The predicted octanol–water partition coefficient (Wildman–Crippen LogP) is 4.11. The molecule has 3 aromatic rings. The van der Waals surface area contributed by atoms with E-state index in [-0.39, 0.29) is 5.91 Å². The molecule has 0 N–H and O–H groups in total. The second kappa shape index (κ2) is 8.30. The van der Waals surface area contributed by atoms with Crippen LogP contribution in [0.4, 0.5) is 0 Å². The maximum absolute atomic E-state index is 12.9. The van der Waals surface area contributed by atoms with Crippen LogP contribution in [-0.4, -0.2) is 40.6 Å². The molecule has 1 aliphatic heterocycles. The van der Waals surface area contributed by atoms with E-state index in [1.54, 1.807) is 7.11 Å². The van der Waals surface area contributed by atoms with Gasteiger partial charge in [-0.15, -0.1) is 0 Å². The number of likely N-dealkylation sites (tertiary alicyclic amines) is 1. The van der Waals surface area contributed by atoms with Gasteiger partial charge in [-0.1, -0.05) is 42.5 Å². The molecule has 0 bridgehead atoms. The van der Waals surface area contributed by atoms with Crippen molar-refractivity contribution in [3.63, 3.8) is 0 Å². The lowest BCUT2D eigenvalue weighted by Crippen LogP contribution is -2.39. The Morgan fingerprint density at radius 3 is 2.54 bits per heavy atom. The summed E-state index contributed by atoms with van der Waals surface area (Å²) in [5.41, 5.74) is 1.78. The number of hydrogen-bond acceptors (Lipinski definition) is 3. The highest BCUT2D eigenvalue weighted by Crippen LogP contribution is 2.26. The lowest BCUT2D eigenvalue weighted by molar-refractivity contribution is 0.0679. The van der Waals surface area contributed by atoms with Crippen LogP contribution in [0.15, 0.2) is 67.0 Å². The van der Waals surface area contributed by atoms with Crippen LogP contribution in [-0.2, 0) is 6.54 Å². The van der Waals surface area contributed by atoms with Gasteiger partial charge in [0, 0.05) is 37.6 Å². The van der Waals surface area contributed by atoms with Gasteiger partial charge in [-0.3, -0.25) is 4.79 Å². The van der Waals surface area contributed by atoms with Gasteiger partial charge in [0.25, 0.3) is 5.91 Å². The summed E-state index contributed by atoms with van der Waals surface area (Å²) in [6.45, 7) is 2.48. The minimum atomic E-state index is 0.0588. The third kappa shape index (κ3) is 3.79. The van der Waals surface area contributed by atoms with E-state index < -0.39 is 0 Å². The molecule has 0 spiro atoms. The average Bonchev–Trinajstić information content (AvgIpc) is 3.22. The maximum Gasteiger partial charge on any atom is 0.257 e. The Hall–Kier alpha value is -3.08. The molecule has 5 nitrogen and oxygen atoms in total. The lowest BCUT2D eigenvalue weighted by Gasteiger charge is -2.32. The van der Waals surface area contributed by atoms with Crippen LogP contribution in [0.3, 0.4) is 0 Å². The fraction of sp³-hybridized carbons (Fsp3) is 0.304. The number of carbonyl (C=O) groups excluding carboxylic acids is 1. The topological polar surface area (TPSA) is 47.4 Å². The molecule has 0 radical (unpaired) electrons. The fourth-order valence-electron chi connectivity index (χ4n) is 3.89. The molecule has 1 aromatic heterocycles. The number of ether oxygens (including phenoxy) is 1. The van der Waals surface area contributed by atoms with E-state index >= 15 is 0 Å². The molecule has 0 atom stereocenters. The summed E-state index contributed by atoms with van der Waals surface area (Å²) in [4.78, 5) is 19.4. The first-order valence-electron chi connectivity index (χ1n) is 9.75. The van der Waals surface area contributed by atoms with Gasteiger partial charge in [0.15, 0.2) is 0 Å². The van der Waals surface area contributed by atoms with Gasteiger partial charge >= 0.3 is 0 Å². The highest BCUT2D eigenvalue weighted by atomic mass is 16.5. The number of nitrogens with zero attached hydrogens (tertiary/aromatic N) is 3. The minimum Gasteiger partial charge on any atom is -0.496 e. The number of rotatable bonds is 5. The Kier molecular flexibility index (Phi) is 5.42. The second-order valence-electron chi connectivity index (χ2n) is 7.21. The number of piperidine rings is 1. The molecule has 144 valence electrons. The van der Waals surface area contributed by atoms with Crippen LogP contribution < -0.4 is 4.74 Å². The lowest BCUT2D eigenvalue weighted by atomic mass is 9.96. The molecule has 28 heavy (non-hydrogen) atoms. The summed E-state index contributed by atoms with van der Waals surface area (Å²) in [6.07, 6.45) is 5.90. The van der Waals surface area contributed by atoms with E-state index in [9.17, 15) is 4.79 Å². The fourth-order valence-corrected chi connectivity index (χ4v) is 3.89. The number of hydrogen-bond donors (Lipinski definition) is 0. The Bertz CT molecular complexity index is 928. The van der Waals surface area contributed by atoms with E-state index in [1.165, 1.54) is 0 Å². The molecule has 0 aliphatic carbocycles. The van der Waals surface area contributed by atoms with Crippen LogP contribution >= 0.6 is 0 Å². The molecule has 1 aliphatic rings. The number of imidazole rings is 1. The van der Waals surface area contributed by atoms with Gasteiger partial charge in [0.1, 0.15) is 11.6 Å². The van der Waals surface area contributed by atoms with E-state index in [0.29, 0.717) is 17.2 Å². The first kappa shape index (κ1) is 18.3. The normalized spacial score (nSPS) is 14.8. The molecule has 5 heteroatoms. The first-order chi connectivity index (χ1) is 13.8. The van der Waals surface area contributed by atoms with Crippen LogP contribution in [0.5, 0.6) is 5.75 Å². The molecule has 0 saturated carbocycles. The van der Waals surface area contributed by atoms with Gasteiger partial charge in [0.2, 0.25) is 0 Å². The van der Waals surface area contributed by atoms with Gasteiger partial charge in [-0.05, 0) is 30.9 Å². The standard InChI is InChI=1S/C23H25N3O2/c1-28-21-10-6-5-9-20(21)23(27)25-14-11-18(12-15-25)17-26-16-13-24-22(26)19-7-3-2-4-8-19/h2-10,13,16,18H,11-12,14-15,17H2,1H3. The van der Waals surface area contributed by atoms with Gasteiger partial charge in [-0.25, -0.2) is 4.98 Å². The zero-order valence-electron chi connectivity index (χ0n) is 16.1. The molecule has 1 amide bonds. The highest BCUT2D eigenvalue weighted by Gasteiger charge is 2.26. The van der Waals surface area contributed by atoms with Gasteiger partial charge in [-0.2, -0.15) is 0 Å². The third-order valence-electron chi connectivity index (χ3n) is 5.44. The second-order valence-corrected chi connectivity index (χ2v) is 7.21. The molecule has 4 rings (SSSR count). The Labute approximate surface area is 165 Å². The van der Waals surface area contributed by atoms with Crippen molar-refractivity contribution in [1.82, 2.24) is 14.5 Å². The highest BCUT2D eigenvalue weighted by molar-refractivity contribution is 5.97. The summed E-state index contributed by atoms with van der Waals surface area (Å²) in [5.74, 6) is 2.25. The van der Waals surface area contributed by atoms with Gasteiger partial charge in [0.05, 0.1) is 12.7 Å². The van der Waals surface area contributed by atoms with E-state index in [2.05, 4.69) is 27.9 Å². The number of aromatic nitrogens is 2. The van der Waals surface area contributed by atoms with Crippen LogP contribution in [0.2, 0.25) is 0 Å². The van der Waals surface area contributed by atoms with E-state index in [1.807, 2.05) is 53.6 Å². The molecule has 1 saturated heterocycles. The molecule has 0 unspecified atom stereocenters. The molecular formula is C23H25N3O2. The Balaban J connectivity index is 1.39. The van der Waals surface area contributed by atoms with Crippen molar-refractivity contribution in [2.45, 2.75) is 19.4 Å².